The van der Waals surface area contributed by atoms with Gasteiger partial charge in [-0.1, -0.05) is 24.9 Å². The van der Waals surface area contributed by atoms with Crippen LogP contribution in [-0.4, -0.2) is 31.0 Å². The fourth-order valence-electron chi connectivity index (χ4n) is 1.36. The van der Waals surface area contributed by atoms with Crippen molar-refractivity contribution in [1.82, 2.24) is 4.90 Å². The van der Waals surface area contributed by atoms with Gasteiger partial charge in [-0.15, -0.1) is 0 Å². The van der Waals surface area contributed by atoms with E-state index in [1.807, 2.05) is 0 Å². The van der Waals surface area contributed by atoms with Crippen LogP contribution in [0.2, 0.25) is 5.02 Å². The third kappa shape index (κ3) is 4.53. The van der Waals surface area contributed by atoms with Crippen molar-refractivity contribution in [3.8, 4) is 5.75 Å². The molecule has 5 heteroatoms. The van der Waals surface area contributed by atoms with Gasteiger partial charge in [0.25, 0.3) is 5.91 Å². The molecule has 1 aromatic rings. The zero-order valence-corrected chi connectivity index (χ0v) is 11.3. The molecule has 0 spiro atoms. The molecule has 0 aliphatic heterocycles. The summed E-state index contributed by atoms with van der Waals surface area (Å²) < 4.78 is 18.1. The third-order valence-electron chi connectivity index (χ3n) is 2.52. The lowest BCUT2D eigenvalue weighted by atomic mass is 10.3. The van der Waals surface area contributed by atoms with Crippen LogP contribution < -0.4 is 4.74 Å². The van der Waals surface area contributed by atoms with Crippen LogP contribution in [0.15, 0.2) is 18.2 Å². The first-order chi connectivity index (χ1) is 8.54. The third-order valence-corrected chi connectivity index (χ3v) is 2.81. The second-order valence-electron chi connectivity index (χ2n) is 4.03. The fourth-order valence-corrected chi connectivity index (χ4v) is 1.58. The molecule has 18 heavy (non-hydrogen) atoms. The van der Waals surface area contributed by atoms with Crippen molar-refractivity contribution in [3.05, 3.63) is 29.0 Å². The average molecular weight is 274 g/mol. The molecule has 0 fully saturated rings. The molecular formula is C13H17ClFNO2. The van der Waals surface area contributed by atoms with Gasteiger partial charge in [0, 0.05) is 13.6 Å². The SMILES string of the molecule is CCCCN(C)C(=O)COc1ccc(F)cc1Cl. The van der Waals surface area contributed by atoms with Gasteiger partial charge in [-0.05, 0) is 24.6 Å². The molecule has 0 aromatic heterocycles. The van der Waals surface area contributed by atoms with Crippen LogP contribution in [0.3, 0.4) is 0 Å². The molecule has 0 heterocycles. The molecule has 100 valence electrons. The minimum Gasteiger partial charge on any atom is -0.482 e. The van der Waals surface area contributed by atoms with Gasteiger partial charge in [-0.25, -0.2) is 4.39 Å². The Kier molecular flexibility index (Phi) is 5.92. The van der Waals surface area contributed by atoms with E-state index in [1.165, 1.54) is 12.1 Å². The predicted molar refractivity (Wildman–Crippen MR) is 69.5 cm³/mol. The molecule has 0 aliphatic rings. The maximum absolute atomic E-state index is 12.8. The molecule has 0 N–H and O–H groups in total. The van der Waals surface area contributed by atoms with E-state index in [9.17, 15) is 9.18 Å². The first-order valence-electron chi connectivity index (χ1n) is 5.86. The summed E-state index contributed by atoms with van der Waals surface area (Å²) >= 11 is 5.79. The van der Waals surface area contributed by atoms with E-state index in [-0.39, 0.29) is 17.5 Å². The van der Waals surface area contributed by atoms with Crippen LogP contribution in [0, 0.1) is 5.82 Å². The van der Waals surface area contributed by atoms with E-state index in [4.69, 9.17) is 16.3 Å². The number of unbranched alkanes of at least 4 members (excludes halogenated alkanes) is 1. The Labute approximate surface area is 111 Å². The Bertz CT molecular complexity index is 412. The maximum atomic E-state index is 12.8. The molecule has 0 radical (unpaired) electrons. The van der Waals surface area contributed by atoms with Gasteiger partial charge in [-0.3, -0.25) is 4.79 Å². The number of likely N-dealkylation sites (N-methyl/N-ethyl adjacent to an activating group) is 1. The maximum Gasteiger partial charge on any atom is 0.260 e. The monoisotopic (exact) mass is 273 g/mol. The molecule has 0 saturated carbocycles. The fraction of sp³-hybridized carbons (Fsp3) is 0.462. The quantitative estimate of drug-likeness (QED) is 0.797. The van der Waals surface area contributed by atoms with Gasteiger partial charge in [0.2, 0.25) is 0 Å². The molecule has 1 aromatic carbocycles. The van der Waals surface area contributed by atoms with E-state index in [0.717, 1.165) is 18.9 Å². The van der Waals surface area contributed by atoms with E-state index in [2.05, 4.69) is 6.92 Å². The number of rotatable bonds is 6. The van der Waals surface area contributed by atoms with Gasteiger partial charge in [0.1, 0.15) is 11.6 Å². The van der Waals surface area contributed by atoms with Crippen molar-refractivity contribution < 1.29 is 13.9 Å². The number of nitrogens with zero attached hydrogens (tertiary/aromatic N) is 1. The number of halogens is 2. The summed E-state index contributed by atoms with van der Waals surface area (Å²) in [5.74, 6) is -0.238. The molecule has 3 nitrogen and oxygen atoms in total. The van der Waals surface area contributed by atoms with E-state index >= 15 is 0 Å². The van der Waals surface area contributed by atoms with E-state index < -0.39 is 5.82 Å². The molecule has 0 atom stereocenters. The van der Waals surface area contributed by atoms with Crippen molar-refractivity contribution in [1.29, 1.82) is 0 Å². The van der Waals surface area contributed by atoms with Crippen molar-refractivity contribution in [2.24, 2.45) is 0 Å². The Morgan fingerprint density at radius 2 is 2.22 bits per heavy atom. The van der Waals surface area contributed by atoms with Gasteiger partial charge in [0.05, 0.1) is 5.02 Å². The minimum absolute atomic E-state index is 0.0917. The number of ether oxygens (including phenoxy) is 1. The second-order valence-corrected chi connectivity index (χ2v) is 4.44. The van der Waals surface area contributed by atoms with Crippen LogP contribution in [0.25, 0.3) is 0 Å². The lowest BCUT2D eigenvalue weighted by molar-refractivity contribution is -0.132. The lowest BCUT2D eigenvalue weighted by Crippen LogP contribution is -2.32. The molecule has 1 amide bonds. The second kappa shape index (κ2) is 7.21. The van der Waals surface area contributed by atoms with Gasteiger partial charge >= 0.3 is 0 Å². The summed E-state index contributed by atoms with van der Waals surface area (Å²) in [4.78, 5) is 13.3. The Morgan fingerprint density at radius 3 is 2.83 bits per heavy atom. The van der Waals surface area contributed by atoms with Crippen molar-refractivity contribution in [3.63, 3.8) is 0 Å². The number of hydrogen-bond acceptors (Lipinski definition) is 2. The van der Waals surface area contributed by atoms with Crippen molar-refractivity contribution in [2.45, 2.75) is 19.8 Å². The zero-order valence-electron chi connectivity index (χ0n) is 10.6. The predicted octanol–water partition coefficient (Wildman–Crippen LogP) is 3.12. The van der Waals surface area contributed by atoms with Crippen LogP contribution in [0.4, 0.5) is 4.39 Å². The Hall–Kier alpha value is -1.29. The highest BCUT2D eigenvalue weighted by atomic mass is 35.5. The topological polar surface area (TPSA) is 29.5 Å². The minimum atomic E-state index is -0.432. The summed E-state index contributed by atoms with van der Waals surface area (Å²) in [6.07, 6.45) is 1.99. The molecule has 0 saturated heterocycles. The highest BCUT2D eigenvalue weighted by molar-refractivity contribution is 6.32. The van der Waals surface area contributed by atoms with Gasteiger partial charge < -0.3 is 9.64 Å². The first kappa shape index (κ1) is 14.8. The summed E-state index contributed by atoms with van der Waals surface area (Å²) in [5.41, 5.74) is 0. The highest BCUT2D eigenvalue weighted by Crippen LogP contribution is 2.24. The average Bonchev–Trinajstić information content (AvgIpc) is 2.34. The number of amides is 1. The standard InChI is InChI=1S/C13H17ClFNO2/c1-3-4-7-16(2)13(17)9-18-12-6-5-10(15)8-11(12)14/h5-6,8H,3-4,7,9H2,1-2H3. The summed E-state index contributed by atoms with van der Waals surface area (Å²) in [6, 6.07) is 3.81. The molecule has 0 unspecified atom stereocenters. The smallest absolute Gasteiger partial charge is 0.260 e. The van der Waals surface area contributed by atoms with Crippen molar-refractivity contribution >= 4 is 17.5 Å². The van der Waals surface area contributed by atoms with Crippen LogP contribution in [-0.2, 0) is 4.79 Å². The summed E-state index contributed by atoms with van der Waals surface area (Å²) in [6.45, 7) is 2.68. The van der Waals surface area contributed by atoms with Crippen molar-refractivity contribution in [2.75, 3.05) is 20.2 Å². The Balaban J connectivity index is 2.47. The molecule has 0 aliphatic carbocycles. The molecule has 0 bridgehead atoms. The number of hydrogen-bond donors (Lipinski definition) is 0. The van der Waals surface area contributed by atoms with Crippen LogP contribution in [0.5, 0.6) is 5.75 Å². The highest BCUT2D eigenvalue weighted by Gasteiger charge is 2.10. The normalized spacial score (nSPS) is 10.2. The van der Waals surface area contributed by atoms with E-state index in [0.29, 0.717) is 12.3 Å². The molecule has 1 rings (SSSR count). The number of benzene rings is 1. The largest absolute Gasteiger partial charge is 0.482 e. The number of carbonyl (C=O) groups excluding carboxylic acids is 1. The van der Waals surface area contributed by atoms with Gasteiger partial charge in [0.15, 0.2) is 6.61 Å². The van der Waals surface area contributed by atoms with Crippen LogP contribution in [0.1, 0.15) is 19.8 Å². The molecular weight excluding hydrogens is 257 g/mol. The summed E-state index contributed by atoms with van der Waals surface area (Å²) in [5, 5.41) is 0.166. The Morgan fingerprint density at radius 1 is 1.50 bits per heavy atom. The lowest BCUT2D eigenvalue weighted by Gasteiger charge is -2.17. The van der Waals surface area contributed by atoms with Gasteiger partial charge in [-0.2, -0.15) is 0 Å². The summed E-state index contributed by atoms with van der Waals surface area (Å²) in [7, 11) is 1.73. The first-order valence-corrected chi connectivity index (χ1v) is 6.24. The number of carbonyl (C=O) groups is 1. The van der Waals surface area contributed by atoms with Crippen LogP contribution >= 0.6 is 11.6 Å². The zero-order chi connectivity index (χ0) is 13.5. The van der Waals surface area contributed by atoms with E-state index in [1.54, 1.807) is 11.9 Å².